The summed E-state index contributed by atoms with van der Waals surface area (Å²) >= 11 is 0. The Balaban J connectivity index is 2.42. The molecule has 0 aliphatic carbocycles. The van der Waals surface area contributed by atoms with Gasteiger partial charge in [0.15, 0.2) is 0 Å². The lowest BCUT2D eigenvalue weighted by molar-refractivity contribution is 0.506. The number of rotatable bonds is 4. The Morgan fingerprint density at radius 1 is 1.05 bits per heavy atom. The summed E-state index contributed by atoms with van der Waals surface area (Å²) in [7, 11) is 0. The summed E-state index contributed by atoms with van der Waals surface area (Å²) in [4.78, 5) is 0. The fraction of sp³-hybridized carbons (Fsp3) is 0.333. The molecule has 0 atom stereocenters. The van der Waals surface area contributed by atoms with Crippen LogP contribution in [0.3, 0.4) is 0 Å². The molecule has 0 radical (unpaired) electrons. The van der Waals surface area contributed by atoms with Crippen LogP contribution in [-0.4, -0.2) is 0 Å². The van der Waals surface area contributed by atoms with Gasteiger partial charge in [-0.15, -0.1) is 0 Å². The van der Waals surface area contributed by atoms with Crippen LogP contribution in [0.25, 0.3) is 11.1 Å². The topological polar surface area (TPSA) is 26.0 Å². The Morgan fingerprint density at radius 3 is 2.25 bits per heavy atom. The van der Waals surface area contributed by atoms with Crippen LogP contribution in [0.4, 0.5) is 4.39 Å². The second-order valence-corrected chi connectivity index (χ2v) is 5.82. The van der Waals surface area contributed by atoms with Crippen LogP contribution in [0, 0.1) is 5.82 Å². The number of hydrogen-bond donors (Lipinski definition) is 1. The summed E-state index contributed by atoms with van der Waals surface area (Å²) < 4.78 is 13.5. The zero-order valence-corrected chi connectivity index (χ0v) is 12.4. The van der Waals surface area contributed by atoms with Crippen molar-refractivity contribution in [3.05, 3.63) is 59.4 Å². The fourth-order valence-electron chi connectivity index (χ4n) is 2.30. The third-order valence-corrected chi connectivity index (χ3v) is 4.15. The van der Waals surface area contributed by atoms with E-state index in [0.717, 1.165) is 23.1 Å². The molecule has 2 rings (SSSR count). The molecule has 0 unspecified atom stereocenters. The Bertz CT molecular complexity index is 585. The summed E-state index contributed by atoms with van der Waals surface area (Å²) in [6.45, 7) is 7.07. The first-order valence-electron chi connectivity index (χ1n) is 7.07. The predicted molar refractivity (Wildman–Crippen MR) is 83.0 cm³/mol. The van der Waals surface area contributed by atoms with Gasteiger partial charge in [-0.3, -0.25) is 0 Å². The third kappa shape index (κ3) is 2.91. The lowest BCUT2D eigenvalue weighted by Gasteiger charge is -2.23. The lowest BCUT2D eigenvalue weighted by atomic mass is 9.81. The summed E-state index contributed by atoms with van der Waals surface area (Å²) in [5.74, 6) is -0.227. The van der Waals surface area contributed by atoms with Crippen molar-refractivity contribution < 1.29 is 4.39 Å². The van der Waals surface area contributed by atoms with Gasteiger partial charge in [-0.2, -0.15) is 0 Å². The highest BCUT2D eigenvalue weighted by molar-refractivity contribution is 5.67. The second kappa shape index (κ2) is 5.76. The molecule has 0 heterocycles. The molecule has 0 fully saturated rings. The summed E-state index contributed by atoms with van der Waals surface area (Å²) in [6.07, 6.45) is 1.08. The maximum Gasteiger partial charge on any atom is 0.123 e. The average Bonchev–Trinajstić information content (AvgIpc) is 2.47. The van der Waals surface area contributed by atoms with Crippen LogP contribution in [-0.2, 0) is 12.0 Å². The van der Waals surface area contributed by atoms with Crippen molar-refractivity contribution in [2.24, 2.45) is 5.73 Å². The molecule has 1 nitrogen and oxygen atoms in total. The Labute approximate surface area is 120 Å². The van der Waals surface area contributed by atoms with Crippen molar-refractivity contribution in [1.82, 2.24) is 0 Å². The lowest BCUT2D eigenvalue weighted by Crippen LogP contribution is -2.15. The van der Waals surface area contributed by atoms with Gasteiger partial charge in [0.25, 0.3) is 0 Å². The minimum Gasteiger partial charge on any atom is -0.326 e. The molecule has 0 spiro atoms. The van der Waals surface area contributed by atoms with Gasteiger partial charge in [-0.25, -0.2) is 4.39 Å². The van der Waals surface area contributed by atoms with E-state index in [0.29, 0.717) is 6.54 Å². The smallest absolute Gasteiger partial charge is 0.123 e. The molecule has 2 aromatic carbocycles. The zero-order chi connectivity index (χ0) is 14.8. The van der Waals surface area contributed by atoms with E-state index in [4.69, 9.17) is 5.73 Å². The molecule has 0 aliphatic heterocycles. The van der Waals surface area contributed by atoms with Gasteiger partial charge in [0, 0.05) is 6.54 Å². The average molecular weight is 271 g/mol. The molecule has 0 aliphatic rings. The minimum absolute atomic E-state index is 0.164. The van der Waals surface area contributed by atoms with Gasteiger partial charge in [0.2, 0.25) is 0 Å². The van der Waals surface area contributed by atoms with Crippen LogP contribution in [0.5, 0.6) is 0 Å². The number of halogens is 1. The van der Waals surface area contributed by atoms with Gasteiger partial charge in [0.1, 0.15) is 5.82 Å². The largest absolute Gasteiger partial charge is 0.326 e. The first-order chi connectivity index (χ1) is 9.47. The van der Waals surface area contributed by atoms with Crippen molar-refractivity contribution in [1.29, 1.82) is 0 Å². The van der Waals surface area contributed by atoms with Gasteiger partial charge in [0.05, 0.1) is 0 Å². The molecule has 2 aromatic rings. The van der Waals surface area contributed by atoms with Gasteiger partial charge in [-0.05, 0) is 46.2 Å². The first-order valence-corrected chi connectivity index (χ1v) is 7.07. The highest BCUT2D eigenvalue weighted by Crippen LogP contribution is 2.30. The van der Waals surface area contributed by atoms with E-state index < -0.39 is 0 Å². The van der Waals surface area contributed by atoms with Crippen LogP contribution in [0.1, 0.15) is 38.3 Å². The third-order valence-electron chi connectivity index (χ3n) is 4.15. The molecule has 0 amide bonds. The monoisotopic (exact) mass is 271 g/mol. The van der Waals surface area contributed by atoms with Crippen molar-refractivity contribution in [3.63, 3.8) is 0 Å². The van der Waals surface area contributed by atoms with Crippen LogP contribution < -0.4 is 5.73 Å². The fourth-order valence-corrected chi connectivity index (χ4v) is 2.30. The highest BCUT2D eigenvalue weighted by Gasteiger charge is 2.17. The van der Waals surface area contributed by atoms with E-state index in [1.165, 1.54) is 11.6 Å². The van der Waals surface area contributed by atoms with E-state index in [2.05, 4.69) is 45.0 Å². The first kappa shape index (κ1) is 14.7. The predicted octanol–water partition coefficient (Wildman–Crippen LogP) is 4.64. The second-order valence-electron chi connectivity index (χ2n) is 5.82. The molecular formula is C18H22FN. The molecule has 2 N–H and O–H groups in total. The molecule has 106 valence electrons. The van der Waals surface area contributed by atoms with Gasteiger partial charge in [-0.1, -0.05) is 51.1 Å². The van der Waals surface area contributed by atoms with Gasteiger partial charge < -0.3 is 5.73 Å². The van der Waals surface area contributed by atoms with Crippen molar-refractivity contribution >= 4 is 0 Å². The van der Waals surface area contributed by atoms with Crippen LogP contribution in [0.2, 0.25) is 0 Å². The molecule has 20 heavy (non-hydrogen) atoms. The molecule has 0 aromatic heterocycles. The van der Waals surface area contributed by atoms with E-state index in [1.54, 1.807) is 12.1 Å². The zero-order valence-electron chi connectivity index (χ0n) is 12.4. The van der Waals surface area contributed by atoms with E-state index in [9.17, 15) is 4.39 Å². The van der Waals surface area contributed by atoms with Crippen molar-refractivity contribution in [3.8, 4) is 11.1 Å². The summed E-state index contributed by atoms with van der Waals surface area (Å²) in [5.41, 5.74) is 10.1. The molecule has 2 heteroatoms. The summed E-state index contributed by atoms with van der Waals surface area (Å²) in [6, 6.07) is 13.1. The summed E-state index contributed by atoms with van der Waals surface area (Å²) in [5, 5.41) is 0. The van der Waals surface area contributed by atoms with Gasteiger partial charge >= 0.3 is 0 Å². The molecule has 0 saturated carbocycles. The normalized spacial score (nSPS) is 11.7. The van der Waals surface area contributed by atoms with E-state index >= 15 is 0 Å². The number of nitrogens with two attached hydrogens (primary N) is 1. The van der Waals surface area contributed by atoms with Crippen LogP contribution >= 0.6 is 0 Å². The maximum atomic E-state index is 13.5. The minimum atomic E-state index is -0.227. The van der Waals surface area contributed by atoms with E-state index in [1.807, 2.05) is 0 Å². The standard InChI is InChI=1S/C18H22FN/c1-4-18(2,3)15-8-5-13(6-9-15)17-11-16(19)10-7-14(17)12-20/h5-11H,4,12,20H2,1-3H3. The van der Waals surface area contributed by atoms with E-state index in [-0.39, 0.29) is 11.2 Å². The Morgan fingerprint density at radius 2 is 1.70 bits per heavy atom. The number of hydrogen-bond acceptors (Lipinski definition) is 1. The SMILES string of the molecule is CCC(C)(C)c1ccc(-c2cc(F)ccc2CN)cc1. The molecule has 0 saturated heterocycles. The Hall–Kier alpha value is -1.67. The van der Waals surface area contributed by atoms with Crippen LogP contribution in [0.15, 0.2) is 42.5 Å². The number of benzene rings is 2. The molecular weight excluding hydrogens is 249 g/mol. The maximum absolute atomic E-state index is 13.5. The Kier molecular flexibility index (Phi) is 4.24. The van der Waals surface area contributed by atoms with Crippen molar-refractivity contribution in [2.45, 2.75) is 39.2 Å². The van der Waals surface area contributed by atoms with Crippen molar-refractivity contribution in [2.75, 3.05) is 0 Å². The highest BCUT2D eigenvalue weighted by atomic mass is 19.1. The quantitative estimate of drug-likeness (QED) is 0.861. The molecule has 0 bridgehead atoms.